The molecule has 0 fully saturated rings. The van der Waals surface area contributed by atoms with Crippen molar-refractivity contribution in [2.24, 2.45) is 4.99 Å². The largest absolute Gasteiger partial charge is 0.493 e. The van der Waals surface area contributed by atoms with E-state index in [2.05, 4.69) is 26.0 Å². The molecule has 6 nitrogen and oxygen atoms in total. The van der Waals surface area contributed by atoms with Gasteiger partial charge >= 0.3 is 0 Å². The van der Waals surface area contributed by atoms with Crippen molar-refractivity contribution in [3.05, 3.63) is 38.8 Å². The molecule has 2 rings (SSSR count). The lowest BCUT2D eigenvalue weighted by atomic mass is 10.2. The number of aromatic nitrogens is 1. The quantitative estimate of drug-likeness (QED) is 0.528. The Morgan fingerprint density at radius 3 is 2.77 bits per heavy atom. The van der Waals surface area contributed by atoms with Crippen molar-refractivity contribution in [2.45, 2.75) is 26.8 Å². The summed E-state index contributed by atoms with van der Waals surface area (Å²) in [5, 5.41) is 10.3. The summed E-state index contributed by atoms with van der Waals surface area (Å²) in [6.45, 7) is 5.78. The normalized spacial score (nSPS) is 11.3. The highest BCUT2D eigenvalue weighted by atomic mass is 35.5. The third kappa shape index (κ3) is 5.78. The van der Waals surface area contributed by atoms with Crippen LogP contribution < -0.4 is 20.1 Å². The van der Waals surface area contributed by atoms with Crippen molar-refractivity contribution in [2.75, 3.05) is 27.3 Å². The van der Waals surface area contributed by atoms with Crippen LogP contribution in [0, 0.1) is 6.92 Å². The molecule has 2 N–H and O–H groups in total. The van der Waals surface area contributed by atoms with E-state index in [9.17, 15) is 0 Å². The zero-order valence-corrected chi connectivity index (χ0v) is 17.1. The predicted octanol–water partition coefficient (Wildman–Crippen LogP) is 3.42. The Hall–Kier alpha value is -1.99. The van der Waals surface area contributed by atoms with E-state index in [1.807, 2.05) is 26.0 Å². The van der Waals surface area contributed by atoms with E-state index >= 15 is 0 Å². The molecule has 26 heavy (non-hydrogen) atoms. The zero-order valence-electron chi connectivity index (χ0n) is 15.6. The van der Waals surface area contributed by atoms with Crippen molar-refractivity contribution in [1.82, 2.24) is 15.6 Å². The molecule has 0 amide bonds. The van der Waals surface area contributed by atoms with Gasteiger partial charge in [-0.3, -0.25) is 4.99 Å². The van der Waals surface area contributed by atoms with E-state index in [0.717, 1.165) is 35.2 Å². The summed E-state index contributed by atoms with van der Waals surface area (Å²) in [6.07, 6.45) is 0.855. The summed E-state index contributed by atoms with van der Waals surface area (Å²) < 4.78 is 10.9. The van der Waals surface area contributed by atoms with Crippen LogP contribution in [0.25, 0.3) is 0 Å². The Morgan fingerprint density at radius 2 is 2.15 bits per heavy atom. The zero-order chi connectivity index (χ0) is 18.9. The number of nitrogens with zero attached hydrogens (tertiary/aromatic N) is 2. The number of nitrogens with one attached hydrogen (secondary N) is 2. The van der Waals surface area contributed by atoms with Gasteiger partial charge in [0.05, 0.1) is 29.4 Å². The van der Waals surface area contributed by atoms with E-state index in [0.29, 0.717) is 29.7 Å². The second kappa shape index (κ2) is 10.2. The van der Waals surface area contributed by atoms with Crippen LogP contribution in [0.1, 0.15) is 23.2 Å². The molecule has 0 saturated heterocycles. The van der Waals surface area contributed by atoms with E-state index in [1.165, 1.54) is 0 Å². The summed E-state index contributed by atoms with van der Waals surface area (Å²) in [7, 11) is 3.35. The molecule has 0 saturated carbocycles. The van der Waals surface area contributed by atoms with Crippen LogP contribution in [-0.2, 0) is 13.0 Å². The molecule has 0 bridgehead atoms. The average molecular weight is 397 g/mol. The topological polar surface area (TPSA) is 67.8 Å². The van der Waals surface area contributed by atoms with Crippen LogP contribution in [-0.4, -0.2) is 38.3 Å². The van der Waals surface area contributed by atoms with Crippen LogP contribution in [0.4, 0.5) is 0 Å². The average Bonchev–Trinajstić information content (AvgIpc) is 3.05. The minimum atomic E-state index is 0.531. The summed E-state index contributed by atoms with van der Waals surface area (Å²) in [5.41, 5.74) is 2.08. The fraction of sp³-hybridized carbons (Fsp3) is 0.444. The first-order valence-corrected chi connectivity index (χ1v) is 9.67. The summed E-state index contributed by atoms with van der Waals surface area (Å²) in [6, 6.07) is 3.78. The minimum Gasteiger partial charge on any atom is -0.493 e. The first-order valence-electron chi connectivity index (χ1n) is 8.42. The molecule has 0 spiro atoms. The summed E-state index contributed by atoms with van der Waals surface area (Å²) in [4.78, 5) is 8.70. The first-order chi connectivity index (χ1) is 12.6. The molecule has 2 aromatic rings. The molecule has 1 heterocycles. The Labute approximate surface area is 163 Å². The van der Waals surface area contributed by atoms with Crippen LogP contribution in [0.5, 0.6) is 11.5 Å². The second-order valence-corrected chi connectivity index (χ2v) is 6.97. The number of ether oxygens (including phenoxy) is 2. The number of benzene rings is 1. The lowest BCUT2D eigenvalue weighted by Gasteiger charge is -2.15. The van der Waals surface area contributed by atoms with Gasteiger partial charge < -0.3 is 20.1 Å². The van der Waals surface area contributed by atoms with Crippen LogP contribution in [0.3, 0.4) is 0 Å². The lowest BCUT2D eigenvalue weighted by Crippen LogP contribution is -2.37. The van der Waals surface area contributed by atoms with Crippen LogP contribution in [0.15, 0.2) is 22.5 Å². The fourth-order valence-electron chi connectivity index (χ4n) is 2.40. The standard InChI is InChI=1S/C18H25ClN4O2S/c1-5-25-17-15(19)8-13(9-16(17)24-4)10-22-18(20-3)21-7-6-14-11-26-12(2)23-14/h8-9,11H,5-7,10H2,1-4H3,(H2,20,21,22). The smallest absolute Gasteiger partial charge is 0.191 e. The number of halogens is 1. The highest BCUT2D eigenvalue weighted by Crippen LogP contribution is 2.36. The molecule has 142 valence electrons. The minimum absolute atomic E-state index is 0.531. The molecule has 0 aliphatic heterocycles. The molecular formula is C18H25ClN4O2S. The van der Waals surface area contributed by atoms with Crippen LogP contribution in [0.2, 0.25) is 5.02 Å². The van der Waals surface area contributed by atoms with Crippen molar-refractivity contribution < 1.29 is 9.47 Å². The SMILES string of the molecule is CCOc1c(Cl)cc(CNC(=NC)NCCc2csc(C)n2)cc1OC. The van der Waals surface area contributed by atoms with Gasteiger partial charge in [0.15, 0.2) is 17.5 Å². The molecular weight excluding hydrogens is 372 g/mol. The molecule has 1 aromatic carbocycles. The molecule has 0 radical (unpaired) electrons. The van der Waals surface area contributed by atoms with Gasteiger partial charge in [-0.25, -0.2) is 4.98 Å². The Bertz CT molecular complexity index is 749. The van der Waals surface area contributed by atoms with Gasteiger partial charge in [-0.05, 0) is 31.5 Å². The van der Waals surface area contributed by atoms with Gasteiger partial charge in [0, 0.05) is 31.9 Å². The van der Waals surface area contributed by atoms with Crippen molar-refractivity contribution in [3.63, 3.8) is 0 Å². The molecule has 0 unspecified atom stereocenters. The first kappa shape index (κ1) is 20.3. The number of hydrogen-bond acceptors (Lipinski definition) is 5. The Balaban J connectivity index is 1.90. The van der Waals surface area contributed by atoms with Crippen molar-refractivity contribution in [1.29, 1.82) is 0 Å². The van der Waals surface area contributed by atoms with Gasteiger partial charge in [-0.2, -0.15) is 0 Å². The third-order valence-corrected chi connectivity index (χ3v) is 4.70. The van der Waals surface area contributed by atoms with Crippen LogP contribution >= 0.6 is 22.9 Å². The second-order valence-electron chi connectivity index (χ2n) is 5.50. The highest BCUT2D eigenvalue weighted by Gasteiger charge is 2.12. The molecule has 8 heteroatoms. The van der Waals surface area contributed by atoms with E-state index in [4.69, 9.17) is 21.1 Å². The molecule has 1 aromatic heterocycles. The number of rotatable bonds is 8. The van der Waals surface area contributed by atoms with Gasteiger partial charge in [-0.15, -0.1) is 11.3 Å². The number of thiazole rings is 1. The fourth-order valence-corrected chi connectivity index (χ4v) is 3.33. The van der Waals surface area contributed by atoms with E-state index in [-0.39, 0.29) is 0 Å². The molecule has 0 aliphatic carbocycles. The van der Waals surface area contributed by atoms with Gasteiger partial charge in [0.1, 0.15) is 0 Å². The molecule has 0 aliphatic rings. The maximum atomic E-state index is 6.31. The number of hydrogen-bond donors (Lipinski definition) is 2. The maximum absolute atomic E-state index is 6.31. The summed E-state index contributed by atoms with van der Waals surface area (Å²) >= 11 is 7.98. The molecule has 0 atom stereocenters. The third-order valence-electron chi connectivity index (χ3n) is 3.60. The number of aryl methyl sites for hydroxylation is 1. The number of methoxy groups -OCH3 is 1. The van der Waals surface area contributed by atoms with Gasteiger partial charge in [-0.1, -0.05) is 11.6 Å². The van der Waals surface area contributed by atoms with Gasteiger partial charge in [0.2, 0.25) is 0 Å². The predicted molar refractivity (Wildman–Crippen MR) is 108 cm³/mol. The Morgan fingerprint density at radius 1 is 1.35 bits per heavy atom. The number of aliphatic imine (C=N–C) groups is 1. The van der Waals surface area contributed by atoms with E-state index < -0.39 is 0 Å². The lowest BCUT2D eigenvalue weighted by molar-refractivity contribution is 0.311. The van der Waals surface area contributed by atoms with Crippen molar-refractivity contribution in [3.8, 4) is 11.5 Å². The summed E-state index contributed by atoms with van der Waals surface area (Å²) in [5.74, 6) is 1.92. The highest BCUT2D eigenvalue weighted by molar-refractivity contribution is 7.09. The van der Waals surface area contributed by atoms with Gasteiger partial charge in [0.25, 0.3) is 0 Å². The Kier molecular flexibility index (Phi) is 8.00. The van der Waals surface area contributed by atoms with Crippen molar-refractivity contribution >= 4 is 28.9 Å². The number of guanidine groups is 1. The maximum Gasteiger partial charge on any atom is 0.191 e. The monoisotopic (exact) mass is 396 g/mol. The van der Waals surface area contributed by atoms with E-state index in [1.54, 1.807) is 25.5 Å².